The number of hydrogen-bond donors (Lipinski definition) is 0. The highest BCUT2D eigenvalue weighted by molar-refractivity contribution is 8.18. The van der Waals surface area contributed by atoms with E-state index in [1.807, 2.05) is 7.11 Å². The molecule has 3 rings (SSSR count). The van der Waals surface area contributed by atoms with Crippen molar-refractivity contribution in [2.75, 3.05) is 18.6 Å². The summed E-state index contributed by atoms with van der Waals surface area (Å²) in [4.78, 5) is 0. The molecule has 2 aliphatic heterocycles. The molecular formula is C26H48O2S2Si. The van der Waals surface area contributed by atoms with Gasteiger partial charge in [0.15, 0.2) is 6.29 Å². The average Bonchev–Trinajstić information content (AvgIpc) is 2.74. The lowest BCUT2D eigenvalue weighted by Crippen LogP contribution is -2.62. The van der Waals surface area contributed by atoms with E-state index >= 15 is 0 Å². The summed E-state index contributed by atoms with van der Waals surface area (Å²) in [6.45, 7) is 17.6. The molecule has 1 spiro atoms. The zero-order chi connectivity index (χ0) is 22.9. The lowest BCUT2D eigenvalue weighted by atomic mass is 9.83. The molecule has 0 N–H and O–H groups in total. The molecule has 0 bridgehead atoms. The Morgan fingerprint density at radius 1 is 0.968 bits per heavy atom. The first-order chi connectivity index (χ1) is 14.6. The molecule has 0 radical (unpaired) electrons. The Balaban J connectivity index is 2.08. The number of methoxy groups -OCH3 is 1. The van der Waals surface area contributed by atoms with Crippen LogP contribution in [-0.4, -0.2) is 42.7 Å². The molecular weight excluding hydrogens is 437 g/mol. The van der Waals surface area contributed by atoms with Gasteiger partial charge in [-0.3, -0.25) is 0 Å². The maximum Gasteiger partial charge on any atom is 0.181 e. The van der Waals surface area contributed by atoms with Crippen LogP contribution < -0.4 is 0 Å². The van der Waals surface area contributed by atoms with Crippen molar-refractivity contribution in [1.82, 2.24) is 0 Å². The largest absolute Gasteiger partial charge is 0.354 e. The maximum absolute atomic E-state index is 7.22. The summed E-state index contributed by atoms with van der Waals surface area (Å²) in [6, 6.07) is 0. The van der Waals surface area contributed by atoms with Crippen LogP contribution in [0.2, 0.25) is 22.2 Å². The number of rotatable bonds is 7. The van der Waals surface area contributed by atoms with Gasteiger partial charge in [-0.15, -0.1) is 23.5 Å². The van der Waals surface area contributed by atoms with Crippen molar-refractivity contribution >= 4 is 31.6 Å². The van der Waals surface area contributed by atoms with Gasteiger partial charge in [0.05, 0.1) is 13.7 Å². The van der Waals surface area contributed by atoms with E-state index in [-0.39, 0.29) is 16.0 Å². The summed E-state index contributed by atoms with van der Waals surface area (Å²) in [7, 11) is 0.106. The summed E-state index contributed by atoms with van der Waals surface area (Å²) in [5.74, 6) is 2.48. The van der Waals surface area contributed by atoms with Gasteiger partial charge in [-0.1, -0.05) is 53.2 Å². The van der Waals surface area contributed by atoms with Crippen LogP contribution in [0.3, 0.4) is 0 Å². The van der Waals surface area contributed by atoms with Gasteiger partial charge in [-0.2, -0.15) is 0 Å². The van der Waals surface area contributed by atoms with Crippen LogP contribution in [0.1, 0.15) is 93.4 Å². The van der Waals surface area contributed by atoms with Gasteiger partial charge < -0.3 is 9.47 Å². The van der Waals surface area contributed by atoms with Crippen molar-refractivity contribution in [2.45, 2.75) is 132 Å². The molecule has 5 heteroatoms. The minimum Gasteiger partial charge on any atom is -0.354 e. The first-order valence-electron chi connectivity index (χ1n) is 12.8. The standard InChI is InChI=1S/C26H48O2S2Si/c1-19(2)31(20(3)4,21(5)6)23(22-13-10-9-11-14-22)25(7)15-16-26(24(27-8)28-25)29-17-12-18-30-26/h13,19-21,23-24H,9-12,14-18H2,1-8H3/t23-,24+,25+/m1/s1. The quantitative estimate of drug-likeness (QED) is 0.266. The summed E-state index contributed by atoms with van der Waals surface area (Å²) in [6.07, 6.45) is 11.4. The van der Waals surface area contributed by atoms with E-state index < -0.39 is 8.07 Å². The van der Waals surface area contributed by atoms with Crippen LogP contribution in [-0.2, 0) is 9.47 Å². The summed E-state index contributed by atoms with van der Waals surface area (Å²) in [5.41, 5.74) is 4.39. The van der Waals surface area contributed by atoms with E-state index in [0.29, 0.717) is 5.54 Å². The monoisotopic (exact) mass is 484 g/mol. The molecule has 0 unspecified atom stereocenters. The average molecular weight is 485 g/mol. The van der Waals surface area contributed by atoms with Gasteiger partial charge in [-0.25, -0.2) is 0 Å². The smallest absolute Gasteiger partial charge is 0.181 e. The zero-order valence-corrected chi connectivity index (χ0v) is 24.1. The van der Waals surface area contributed by atoms with Crippen molar-refractivity contribution in [1.29, 1.82) is 0 Å². The second kappa shape index (κ2) is 10.5. The first kappa shape index (κ1) is 26.2. The highest BCUT2D eigenvalue weighted by atomic mass is 32.2. The minimum absolute atomic E-state index is 0.0930. The molecule has 2 nitrogen and oxygen atoms in total. The fourth-order valence-electron chi connectivity index (χ4n) is 7.61. The van der Waals surface area contributed by atoms with E-state index in [2.05, 4.69) is 78.1 Å². The lowest BCUT2D eigenvalue weighted by Gasteiger charge is -2.60. The van der Waals surface area contributed by atoms with Gasteiger partial charge in [-0.05, 0) is 80.0 Å². The van der Waals surface area contributed by atoms with Gasteiger partial charge in [0, 0.05) is 12.7 Å². The Hall–Kier alpha value is 0.577. The Labute approximate surface area is 202 Å². The third kappa shape index (κ3) is 4.74. The number of hydrogen-bond acceptors (Lipinski definition) is 4. The van der Waals surface area contributed by atoms with E-state index in [4.69, 9.17) is 9.47 Å². The zero-order valence-electron chi connectivity index (χ0n) is 21.5. The van der Waals surface area contributed by atoms with E-state index in [0.717, 1.165) is 23.0 Å². The molecule has 0 aromatic heterocycles. The highest BCUT2D eigenvalue weighted by Crippen LogP contribution is 2.63. The molecule has 31 heavy (non-hydrogen) atoms. The van der Waals surface area contributed by atoms with Crippen molar-refractivity contribution < 1.29 is 9.47 Å². The predicted octanol–water partition coefficient (Wildman–Crippen LogP) is 8.64. The van der Waals surface area contributed by atoms with E-state index in [9.17, 15) is 0 Å². The van der Waals surface area contributed by atoms with Gasteiger partial charge in [0.25, 0.3) is 0 Å². The normalized spacial score (nSPS) is 30.8. The second-order valence-corrected chi connectivity index (χ2v) is 20.4. The Kier molecular flexibility index (Phi) is 8.83. The Morgan fingerprint density at radius 2 is 1.58 bits per heavy atom. The first-order valence-corrected chi connectivity index (χ1v) is 17.1. The second-order valence-electron chi connectivity index (χ2n) is 11.3. The SMILES string of the molecule is CO[C@H]1O[C@](C)([C@@H](C2=CCCCC2)[Si](C(C)C)(C(C)C)C(C)C)CCC12SCCCS2. The van der Waals surface area contributed by atoms with E-state index in [1.54, 1.807) is 5.57 Å². The molecule has 3 atom stereocenters. The predicted molar refractivity (Wildman–Crippen MR) is 143 cm³/mol. The minimum atomic E-state index is -1.77. The van der Waals surface area contributed by atoms with Crippen LogP contribution in [0, 0.1) is 0 Å². The Bertz CT molecular complexity index is 605. The van der Waals surface area contributed by atoms with Crippen molar-refractivity contribution in [2.24, 2.45) is 0 Å². The van der Waals surface area contributed by atoms with E-state index in [1.165, 1.54) is 50.0 Å². The third-order valence-corrected chi connectivity index (χ3v) is 20.2. The van der Waals surface area contributed by atoms with Crippen molar-refractivity contribution in [3.05, 3.63) is 11.6 Å². The van der Waals surface area contributed by atoms with Gasteiger partial charge in [0.1, 0.15) is 4.08 Å². The van der Waals surface area contributed by atoms with Crippen LogP contribution in [0.15, 0.2) is 11.6 Å². The van der Waals surface area contributed by atoms with Crippen LogP contribution in [0.4, 0.5) is 0 Å². The fraction of sp³-hybridized carbons (Fsp3) is 0.923. The molecule has 2 saturated heterocycles. The molecule has 1 aliphatic carbocycles. The van der Waals surface area contributed by atoms with Crippen LogP contribution in [0.25, 0.3) is 0 Å². The Morgan fingerprint density at radius 3 is 2.06 bits per heavy atom. The fourth-order valence-corrected chi connectivity index (χ4v) is 19.1. The molecule has 0 saturated carbocycles. The molecule has 3 aliphatic rings. The molecule has 0 aromatic rings. The number of ether oxygens (including phenoxy) is 2. The molecule has 2 heterocycles. The molecule has 2 fully saturated rings. The lowest BCUT2D eigenvalue weighted by molar-refractivity contribution is -0.222. The third-order valence-electron chi connectivity index (χ3n) is 8.71. The van der Waals surface area contributed by atoms with Crippen LogP contribution in [0.5, 0.6) is 0 Å². The topological polar surface area (TPSA) is 18.5 Å². The molecule has 0 aromatic carbocycles. The molecule has 0 amide bonds. The maximum atomic E-state index is 7.22. The number of thioether (sulfide) groups is 2. The summed E-state index contributed by atoms with van der Waals surface area (Å²) >= 11 is 4.21. The molecule has 180 valence electrons. The van der Waals surface area contributed by atoms with Crippen LogP contribution >= 0.6 is 23.5 Å². The number of allylic oxidation sites excluding steroid dienone is 1. The van der Waals surface area contributed by atoms with Gasteiger partial charge in [0.2, 0.25) is 0 Å². The van der Waals surface area contributed by atoms with Crippen molar-refractivity contribution in [3.63, 3.8) is 0 Å². The summed E-state index contributed by atoms with van der Waals surface area (Å²) < 4.78 is 13.5. The van der Waals surface area contributed by atoms with Gasteiger partial charge >= 0.3 is 0 Å². The highest BCUT2D eigenvalue weighted by Gasteiger charge is 2.61. The summed E-state index contributed by atoms with van der Waals surface area (Å²) in [5, 5.41) is 0. The van der Waals surface area contributed by atoms with Crippen molar-refractivity contribution in [3.8, 4) is 0 Å².